The van der Waals surface area contributed by atoms with Gasteiger partial charge in [-0.3, -0.25) is 9.69 Å². The number of aromatic nitrogens is 5. The number of likely N-dealkylation sites (tertiary alicyclic amines) is 2. The first-order chi connectivity index (χ1) is 14.2. The predicted molar refractivity (Wildman–Crippen MR) is 104 cm³/mol. The van der Waals surface area contributed by atoms with Crippen molar-refractivity contribution < 1.29 is 9.18 Å². The van der Waals surface area contributed by atoms with E-state index in [9.17, 15) is 9.18 Å². The molecule has 2 atom stereocenters. The highest BCUT2D eigenvalue weighted by Gasteiger charge is 2.44. The van der Waals surface area contributed by atoms with Gasteiger partial charge in [0.2, 0.25) is 5.91 Å². The number of amides is 1. The molecular weight excluding hydrogens is 393 g/mol. The molecule has 4 heterocycles. The molecule has 29 heavy (non-hydrogen) atoms. The summed E-state index contributed by atoms with van der Waals surface area (Å²) in [7, 11) is 0. The molecule has 5 rings (SSSR count). The average molecular weight is 413 g/mol. The summed E-state index contributed by atoms with van der Waals surface area (Å²) in [4.78, 5) is 22.8. The highest BCUT2D eigenvalue weighted by atomic mass is 32.1. The van der Waals surface area contributed by atoms with Crippen molar-refractivity contribution in [2.75, 3.05) is 19.6 Å². The molecule has 1 aromatic carbocycles. The molecule has 1 amide bonds. The zero-order chi connectivity index (χ0) is 19.8. The van der Waals surface area contributed by atoms with E-state index in [0.29, 0.717) is 12.0 Å². The van der Waals surface area contributed by atoms with Crippen LogP contribution >= 0.6 is 11.3 Å². The van der Waals surface area contributed by atoms with Crippen LogP contribution in [0.4, 0.5) is 4.39 Å². The number of hydrogen-bond acceptors (Lipinski definition) is 7. The predicted octanol–water partition coefficient (Wildman–Crippen LogP) is 1.67. The minimum atomic E-state index is -0.238. The second kappa shape index (κ2) is 7.60. The molecule has 2 aromatic heterocycles. The van der Waals surface area contributed by atoms with E-state index in [1.807, 2.05) is 10.3 Å². The zero-order valence-corrected chi connectivity index (χ0v) is 16.5. The highest BCUT2D eigenvalue weighted by Crippen LogP contribution is 2.33. The van der Waals surface area contributed by atoms with Crippen molar-refractivity contribution in [1.29, 1.82) is 0 Å². The molecule has 2 fully saturated rings. The SMILES string of the molecule is O=C(Cn1ncnn1)N1C[C@@H]2CN(Cc3nc(-c4ccc(F)cc4)cs3)CC[C@@H]21. The summed E-state index contributed by atoms with van der Waals surface area (Å²) < 4.78 is 13.1. The third kappa shape index (κ3) is 3.77. The van der Waals surface area contributed by atoms with Crippen molar-refractivity contribution in [2.45, 2.75) is 25.6 Å². The summed E-state index contributed by atoms with van der Waals surface area (Å²) in [6, 6.07) is 6.75. The molecule has 150 valence electrons. The molecule has 0 N–H and O–H groups in total. The van der Waals surface area contributed by atoms with E-state index in [0.717, 1.165) is 48.9 Å². The van der Waals surface area contributed by atoms with Gasteiger partial charge in [0.15, 0.2) is 6.33 Å². The largest absolute Gasteiger partial charge is 0.337 e. The van der Waals surface area contributed by atoms with Gasteiger partial charge in [0, 0.05) is 42.5 Å². The second-order valence-electron chi connectivity index (χ2n) is 7.50. The van der Waals surface area contributed by atoms with Crippen molar-refractivity contribution >= 4 is 17.2 Å². The Kier molecular flexibility index (Phi) is 4.80. The molecule has 0 unspecified atom stereocenters. The van der Waals surface area contributed by atoms with Gasteiger partial charge >= 0.3 is 0 Å². The van der Waals surface area contributed by atoms with Crippen LogP contribution in [-0.2, 0) is 17.9 Å². The minimum Gasteiger partial charge on any atom is -0.337 e. The van der Waals surface area contributed by atoms with E-state index in [4.69, 9.17) is 4.98 Å². The third-order valence-electron chi connectivity index (χ3n) is 5.65. The average Bonchev–Trinajstić information content (AvgIpc) is 3.36. The number of thiazole rings is 1. The van der Waals surface area contributed by atoms with Crippen LogP contribution in [0, 0.1) is 11.7 Å². The Morgan fingerprint density at radius 2 is 2.10 bits per heavy atom. The lowest BCUT2D eigenvalue weighted by atomic mass is 9.82. The van der Waals surface area contributed by atoms with E-state index in [1.54, 1.807) is 23.5 Å². The smallest absolute Gasteiger partial charge is 0.246 e. The Labute approximate surface area is 171 Å². The molecule has 3 aromatic rings. The fourth-order valence-corrected chi connectivity index (χ4v) is 5.01. The summed E-state index contributed by atoms with van der Waals surface area (Å²) in [5.41, 5.74) is 1.82. The van der Waals surface area contributed by atoms with Gasteiger partial charge in [0.05, 0.1) is 12.2 Å². The molecule has 0 bridgehead atoms. The summed E-state index contributed by atoms with van der Waals surface area (Å²) in [6.07, 6.45) is 2.31. The van der Waals surface area contributed by atoms with Gasteiger partial charge < -0.3 is 4.90 Å². The topological polar surface area (TPSA) is 80.0 Å². The maximum atomic E-state index is 13.1. The Morgan fingerprint density at radius 3 is 2.86 bits per heavy atom. The summed E-state index contributed by atoms with van der Waals surface area (Å²) >= 11 is 1.64. The van der Waals surface area contributed by atoms with Crippen LogP contribution in [0.2, 0.25) is 0 Å². The Morgan fingerprint density at radius 1 is 1.24 bits per heavy atom. The third-order valence-corrected chi connectivity index (χ3v) is 6.48. The number of carbonyl (C=O) groups is 1. The number of fused-ring (bicyclic) bond motifs is 1. The summed E-state index contributed by atoms with van der Waals surface area (Å²) in [6.45, 7) is 3.66. The zero-order valence-electron chi connectivity index (χ0n) is 15.7. The lowest BCUT2D eigenvalue weighted by molar-refractivity contribution is -0.149. The molecule has 2 aliphatic heterocycles. The monoisotopic (exact) mass is 413 g/mol. The lowest BCUT2D eigenvalue weighted by Crippen LogP contribution is -2.65. The number of hydrogen-bond donors (Lipinski definition) is 0. The molecule has 8 nitrogen and oxygen atoms in total. The maximum absolute atomic E-state index is 13.1. The molecule has 0 spiro atoms. The van der Waals surface area contributed by atoms with Gasteiger partial charge in [-0.05, 0) is 35.9 Å². The summed E-state index contributed by atoms with van der Waals surface area (Å²) in [5.74, 6) is 0.326. The van der Waals surface area contributed by atoms with E-state index in [1.165, 1.54) is 23.3 Å². The number of nitrogens with zero attached hydrogens (tertiary/aromatic N) is 7. The first-order valence-electron chi connectivity index (χ1n) is 9.58. The van der Waals surface area contributed by atoms with E-state index in [2.05, 4.69) is 20.3 Å². The van der Waals surface area contributed by atoms with Crippen molar-refractivity contribution in [3.8, 4) is 11.3 Å². The van der Waals surface area contributed by atoms with Gasteiger partial charge in [-0.25, -0.2) is 9.37 Å². The number of tetrazole rings is 1. The van der Waals surface area contributed by atoms with Crippen LogP contribution in [0.1, 0.15) is 11.4 Å². The maximum Gasteiger partial charge on any atom is 0.246 e. The number of benzene rings is 1. The van der Waals surface area contributed by atoms with Crippen LogP contribution in [0.3, 0.4) is 0 Å². The standard InChI is InChI=1S/C19H20FN7OS/c20-15-3-1-13(2-4-15)16-11-29-18(23-16)9-25-6-5-17-14(7-25)8-26(17)19(28)10-27-22-12-21-24-27/h1-4,11-12,14,17H,5-10H2/t14-,17-/m0/s1. The first kappa shape index (κ1) is 18.3. The molecule has 0 radical (unpaired) electrons. The Balaban J connectivity index is 1.15. The van der Waals surface area contributed by atoms with E-state index >= 15 is 0 Å². The highest BCUT2D eigenvalue weighted by molar-refractivity contribution is 7.09. The molecular formula is C19H20FN7OS. The van der Waals surface area contributed by atoms with Crippen LogP contribution in [0.15, 0.2) is 36.0 Å². The second-order valence-corrected chi connectivity index (χ2v) is 8.44. The van der Waals surface area contributed by atoms with Crippen molar-refractivity contribution in [3.05, 3.63) is 46.8 Å². The van der Waals surface area contributed by atoms with Gasteiger partial charge in [0.25, 0.3) is 0 Å². The minimum absolute atomic E-state index is 0.0570. The van der Waals surface area contributed by atoms with E-state index in [-0.39, 0.29) is 18.3 Å². The quantitative estimate of drug-likeness (QED) is 0.633. The number of halogens is 1. The Bertz CT molecular complexity index is 990. The van der Waals surface area contributed by atoms with Gasteiger partial charge in [-0.2, -0.15) is 4.80 Å². The van der Waals surface area contributed by atoms with Crippen LogP contribution in [0.25, 0.3) is 11.3 Å². The normalized spacial score (nSPS) is 21.6. The fraction of sp³-hybridized carbons (Fsp3) is 0.421. The molecule has 0 saturated carbocycles. The molecule has 2 saturated heterocycles. The van der Waals surface area contributed by atoms with Crippen molar-refractivity contribution in [1.82, 2.24) is 35.0 Å². The molecule has 2 aliphatic rings. The number of carbonyl (C=O) groups excluding carboxylic acids is 1. The fourth-order valence-electron chi connectivity index (χ4n) is 4.17. The summed E-state index contributed by atoms with van der Waals surface area (Å²) in [5, 5.41) is 14.4. The molecule has 0 aliphatic carbocycles. The van der Waals surface area contributed by atoms with Crippen LogP contribution < -0.4 is 0 Å². The lowest BCUT2D eigenvalue weighted by Gasteiger charge is -2.53. The number of rotatable bonds is 5. The first-order valence-corrected chi connectivity index (χ1v) is 10.5. The van der Waals surface area contributed by atoms with Crippen molar-refractivity contribution in [3.63, 3.8) is 0 Å². The van der Waals surface area contributed by atoms with Crippen LogP contribution in [-0.4, -0.2) is 66.6 Å². The molecule has 10 heteroatoms. The van der Waals surface area contributed by atoms with Crippen molar-refractivity contribution in [2.24, 2.45) is 5.92 Å². The van der Waals surface area contributed by atoms with Gasteiger partial charge in [-0.15, -0.1) is 21.5 Å². The van der Waals surface area contributed by atoms with Gasteiger partial charge in [0.1, 0.15) is 17.4 Å². The van der Waals surface area contributed by atoms with Crippen LogP contribution in [0.5, 0.6) is 0 Å². The van der Waals surface area contributed by atoms with Gasteiger partial charge in [-0.1, -0.05) is 0 Å². The number of piperidine rings is 1. The Hall–Kier alpha value is -2.72. The van der Waals surface area contributed by atoms with E-state index < -0.39 is 0 Å².